The molecule has 1 atom stereocenters. The molecule has 2 rings (SSSR count). The molecule has 0 amide bonds. The summed E-state index contributed by atoms with van der Waals surface area (Å²) >= 11 is 0. The Kier molecular flexibility index (Phi) is 5.19. The lowest BCUT2D eigenvalue weighted by atomic mass is 9.95. The van der Waals surface area contributed by atoms with E-state index in [1.165, 1.54) is 42.6 Å². The lowest BCUT2D eigenvalue weighted by Gasteiger charge is -2.39. The van der Waals surface area contributed by atoms with Crippen molar-refractivity contribution in [2.45, 2.75) is 38.8 Å². The van der Waals surface area contributed by atoms with Crippen molar-refractivity contribution in [3.05, 3.63) is 34.9 Å². The molecule has 1 fully saturated rings. The molecule has 1 aromatic rings. The smallest absolute Gasteiger partial charge is 0.0473 e. The molecular formula is C17H29N3. The predicted molar refractivity (Wildman–Crippen MR) is 86.0 cm³/mol. The fraction of sp³-hybridized carbons (Fsp3) is 0.647. The van der Waals surface area contributed by atoms with Gasteiger partial charge in [0.25, 0.3) is 0 Å². The van der Waals surface area contributed by atoms with Crippen LogP contribution in [0.5, 0.6) is 0 Å². The number of nitrogens with zero attached hydrogens (tertiary/aromatic N) is 2. The first-order valence-corrected chi connectivity index (χ1v) is 7.70. The summed E-state index contributed by atoms with van der Waals surface area (Å²) in [6, 6.07) is 7.69. The first-order valence-electron chi connectivity index (χ1n) is 7.70. The highest BCUT2D eigenvalue weighted by molar-refractivity contribution is 5.33. The monoisotopic (exact) mass is 275 g/mol. The summed E-state index contributed by atoms with van der Waals surface area (Å²) in [5.41, 5.74) is 10.2. The summed E-state index contributed by atoms with van der Waals surface area (Å²) < 4.78 is 0. The van der Waals surface area contributed by atoms with Gasteiger partial charge in [0.05, 0.1) is 0 Å². The van der Waals surface area contributed by atoms with E-state index in [0.29, 0.717) is 18.6 Å². The Balaban J connectivity index is 2.16. The standard InChI is InChI=1S/C17H29N3/c1-13-5-6-14(2)16(11-13)17(12-18)20(4)15-7-9-19(3)10-8-15/h5-6,11,15,17H,7-10,12,18H2,1-4H3. The van der Waals surface area contributed by atoms with Gasteiger partial charge in [0.15, 0.2) is 0 Å². The van der Waals surface area contributed by atoms with E-state index in [9.17, 15) is 0 Å². The summed E-state index contributed by atoms with van der Waals surface area (Å²) in [5, 5.41) is 0. The highest BCUT2D eigenvalue weighted by atomic mass is 15.2. The first-order chi connectivity index (χ1) is 9.52. The zero-order chi connectivity index (χ0) is 14.7. The largest absolute Gasteiger partial charge is 0.329 e. The van der Waals surface area contributed by atoms with Crippen LogP contribution in [0.3, 0.4) is 0 Å². The van der Waals surface area contributed by atoms with E-state index >= 15 is 0 Å². The van der Waals surface area contributed by atoms with Gasteiger partial charge in [-0.25, -0.2) is 0 Å². The third kappa shape index (κ3) is 3.40. The molecule has 0 bridgehead atoms. The van der Waals surface area contributed by atoms with E-state index in [1.54, 1.807) is 0 Å². The third-order valence-corrected chi connectivity index (χ3v) is 4.77. The molecule has 112 valence electrons. The summed E-state index contributed by atoms with van der Waals surface area (Å²) in [5.74, 6) is 0. The molecule has 0 aliphatic carbocycles. The Hall–Kier alpha value is -0.900. The maximum absolute atomic E-state index is 6.11. The molecular weight excluding hydrogens is 246 g/mol. The van der Waals surface area contributed by atoms with Crippen molar-refractivity contribution < 1.29 is 0 Å². The van der Waals surface area contributed by atoms with Crippen LogP contribution in [-0.4, -0.2) is 49.6 Å². The normalized spacial score (nSPS) is 19.5. The Bertz CT molecular complexity index is 436. The number of benzene rings is 1. The molecule has 3 nitrogen and oxygen atoms in total. The van der Waals surface area contributed by atoms with Crippen molar-refractivity contribution in [2.24, 2.45) is 5.73 Å². The average Bonchev–Trinajstić information content (AvgIpc) is 2.44. The van der Waals surface area contributed by atoms with Crippen molar-refractivity contribution in [2.75, 3.05) is 33.7 Å². The van der Waals surface area contributed by atoms with E-state index in [-0.39, 0.29) is 0 Å². The quantitative estimate of drug-likeness (QED) is 0.915. The van der Waals surface area contributed by atoms with Gasteiger partial charge in [-0.15, -0.1) is 0 Å². The number of likely N-dealkylation sites (N-methyl/N-ethyl adjacent to an activating group) is 1. The van der Waals surface area contributed by atoms with E-state index in [0.717, 1.165) is 0 Å². The topological polar surface area (TPSA) is 32.5 Å². The Morgan fingerprint density at radius 1 is 1.30 bits per heavy atom. The van der Waals surface area contributed by atoms with Gasteiger partial charge in [-0.3, -0.25) is 4.90 Å². The summed E-state index contributed by atoms with van der Waals surface area (Å²) in [4.78, 5) is 4.93. The van der Waals surface area contributed by atoms with Crippen LogP contribution in [0.25, 0.3) is 0 Å². The molecule has 0 saturated carbocycles. The third-order valence-electron chi connectivity index (χ3n) is 4.77. The molecule has 20 heavy (non-hydrogen) atoms. The molecule has 2 N–H and O–H groups in total. The van der Waals surface area contributed by atoms with Crippen LogP contribution in [0.1, 0.15) is 35.6 Å². The number of aryl methyl sites for hydroxylation is 2. The lowest BCUT2D eigenvalue weighted by Crippen LogP contribution is -2.45. The van der Waals surface area contributed by atoms with Crippen LogP contribution >= 0.6 is 0 Å². The molecule has 1 aliphatic rings. The van der Waals surface area contributed by atoms with Crippen LogP contribution in [0.4, 0.5) is 0 Å². The van der Waals surface area contributed by atoms with Crippen molar-refractivity contribution in [3.63, 3.8) is 0 Å². The SMILES string of the molecule is Cc1ccc(C)c(C(CN)N(C)C2CCN(C)CC2)c1. The van der Waals surface area contributed by atoms with Crippen LogP contribution in [0, 0.1) is 13.8 Å². The van der Waals surface area contributed by atoms with E-state index < -0.39 is 0 Å². The average molecular weight is 275 g/mol. The van der Waals surface area contributed by atoms with E-state index in [4.69, 9.17) is 5.73 Å². The Morgan fingerprint density at radius 2 is 1.95 bits per heavy atom. The van der Waals surface area contributed by atoms with Crippen LogP contribution in [-0.2, 0) is 0 Å². The van der Waals surface area contributed by atoms with Crippen molar-refractivity contribution in [1.82, 2.24) is 9.80 Å². The molecule has 3 heteroatoms. The van der Waals surface area contributed by atoms with Gasteiger partial charge in [0.1, 0.15) is 0 Å². The van der Waals surface area contributed by atoms with E-state index in [1.807, 2.05) is 0 Å². The van der Waals surface area contributed by atoms with Gasteiger partial charge in [0.2, 0.25) is 0 Å². The van der Waals surface area contributed by atoms with Crippen molar-refractivity contribution in [3.8, 4) is 0 Å². The fourth-order valence-electron chi connectivity index (χ4n) is 3.29. The molecule has 0 radical (unpaired) electrons. The molecule has 0 spiro atoms. The molecule has 1 aliphatic heterocycles. The van der Waals surface area contributed by atoms with Crippen LogP contribution < -0.4 is 5.73 Å². The maximum atomic E-state index is 6.11. The fourth-order valence-corrected chi connectivity index (χ4v) is 3.29. The number of likely N-dealkylation sites (tertiary alicyclic amines) is 1. The maximum Gasteiger partial charge on any atom is 0.0473 e. The Labute approximate surface area is 123 Å². The Morgan fingerprint density at radius 3 is 2.55 bits per heavy atom. The summed E-state index contributed by atoms with van der Waals surface area (Å²) in [7, 11) is 4.45. The van der Waals surface area contributed by atoms with Crippen LogP contribution in [0.2, 0.25) is 0 Å². The minimum Gasteiger partial charge on any atom is -0.329 e. The van der Waals surface area contributed by atoms with Gasteiger partial charge in [-0.05, 0) is 65.0 Å². The second kappa shape index (κ2) is 6.70. The van der Waals surface area contributed by atoms with Gasteiger partial charge >= 0.3 is 0 Å². The zero-order valence-electron chi connectivity index (χ0n) is 13.4. The van der Waals surface area contributed by atoms with Crippen LogP contribution in [0.15, 0.2) is 18.2 Å². The number of hydrogen-bond donors (Lipinski definition) is 1. The van der Waals surface area contributed by atoms with Crippen molar-refractivity contribution in [1.29, 1.82) is 0 Å². The minimum absolute atomic E-state index is 0.336. The predicted octanol–water partition coefficient (Wildman–Crippen LogP) is 2.33. The summed E-state index contributed by atoms with van der Waals surface area (Å²) in [6.45, 7) is 7.43. The highest BCUT2D eigenvalue weighted by Crippen LogP contribution is 2.27. The zero-order valence-corrected chi connectivity index (χ0v) is 13.4. The van der Waals surface area contributed by atoms with Gasteiger partial charge in [-0.2, -0.15) is 0 Å². The second-order valence-corrected chi connectivity index (χ2v) is 6.31. The van der Waals surface area contributed by atoms with Crippen molar-refractivity contribution >= 4 is 0 Å². The van der Waals surface area contributed by atoms with Gasteiger partial charge in [-0.1, -0.05) is 23.8 Å². The molecule has 1 aromatic carbocycles. The first kappa shape index (κ1) is 15.5. The molecule has 1 heterocycles. The molecule has 0 aromatic heterocycles. The second-order valence-electron chi connectivity index (χ2n) is 6.31. The highest BCUT2D eigenvalue weighted by Gasteiger charge is 2.26. The number of hydrogen-bond acceptors (Lipinski definition) is 3. The number of rotatable bonds is 4. The number of nitrogens with two attached hydrogens (primary N) is 1. The molecule has 1 unspecified atom stereocenters. The van der Waals surface area contributed by atoms with Gasteiger partial charge in [0, 0.05) is 18.6 Å². The number of piperidine rings is 1. The minimum atomic E-state index is 0.336. The van der Waals surface area contributed by atoms with E-state index in [2.05, 4.69) is 55.9 Å². The lowest BCUT2D eigenvalue weighted by molar-refractivity contribution is 0.109. The summed E-state index contributed by atoms with van der Waals surface area (Å²) in [6.07, 6.45) is 2.49. The van der Waals surface area contributed by atoms with Gasteiger partial charge < -0.3 is 10.6 Å². The molecule has 1 saturated heterocycles.